The summed E-state index contributed by atoms with van der Waals surface area (Å²) in [6, 6.07) is 2.37. The Morgan fingerprint density at radius 1 is 0.935 bits per heavy atom. The highest BCUT2D eigenvalue weighted by Gasteiger charge is 2.34. The van der Waals surface area contributed by atoms with E-state index >= 15 is 0 Å². The average molecular weight is 433 g/mol. The second-order valence-corrected chi connectivity index (χ2v) is 7.90. The molecular weight excluding hydrogens is 400 g/mol. The van der Waals surface area contributed by atoms with E-state index in [2.05, 4.69) is 10.6 Å². The van der Waals surface area contributed by atoms with Crippen LogP contribution in [0.5, 0.6) is 17.2 Å². The maximum Gasteiger partial charge on any atom is 0.338 e. The normalized spacial score (nSPS) is 20.1. The molecule has 0 saturated heterocycles. The van der Waals surface area contributed by atoms with Crippen LogP contribution in [0.4, 0.5) is 4.79 Å². The molecule has 1 heterocycles. The largest absolute Gasteiger partial charge is 0.493 e. The molecule has 1 saturated carbocycles. The highest BCUT2D eigenvalue weighted by Crippen LogP contribution is 2.41. The molecule has 1 aromatic rings. The molecule has 31 heavy (non-hydrogen) atoms. The van der Waals surface area contributed by atoms with Crippen LogP contribution >= 0.6 is 0 Å². The first kappa shape index (κ1) is 22.8. The lowest BCUT2D eigenvalue weighted by Crippen LogP contribution is -2.45. The van der Waals surface area contributed by atoms with Crippen LogP contribution in [-0.4, -0.2) is 39.4 Å². The summed E-state index contributed by atoms with van der Waals surface area (Å²) in [5, 5.41) is 5.52. The van der Waals surface area contributed by atoms with Crippen LogP contribution in [0.25, 0.3) is 0 Å². The number of amides is 2. The molecule has 1 fully saturated rings. The first-order valence-corrected chi connectivity index (χ1v) is 10.8. The molecule has 3 rings (SSSR count). The third-order valence-electron chi connectivity index (χ3n) is 5.84. The Balaban J connectivity index is 1.93. The van der Waals surface area contributed by atoms with Gasteiger partial charge in [0, 0.05) is 5.70 Å². The lowest BCUT2D eigenvalue weighted by Gasteiger charge is -2.30. The number of ether oxygens (including phenoxy) is 4. The van der Waals surface area contributed by atoms with E-state index in [4.69, 9.17) is 18.9 Å². The van der Waals surface area contributed by atoms with Gasteiger partial charge in [0.25, 0.3) is 0 Å². The molecule has 2 aliphatic rings. The van der Waals surface area contributed by atoms with Crippen molar-refractivity contribution in [2.45, 2.75) is 64.0 Å². The van der Waals surface area contributed by atoms with Gasteiger partial charge in [-0.15, -0.1) is 0 Å². The summed E-state index contributed by atoms with van der Waals surface area (Å²) in [6.45, 7) is 1.71. The third kappa shape index (κ3) is 5.24. The first-order valence-electron chi connectivity index (χ1n) is 10.8. The molecule has 170 valence electrons. The minimum atomic E-state index is -0.705. The summed E-state index contributed by atoms with van der Waals surface area (Å²) in [7, 11) is 4.56. The minimum Gasteiger partial charge on any atom is -0.493 e. The molecule has 1 aliphatic carbocycles. The van der Waals surface area contributed by atoms with E-state index in [1.807, 2.05) is 0 Å². The van der Waals surface area contributed by atoms with Gasteiger partial charge in [0.2, 0.25) is 5.75 Å². The molecule has 8 nitrogen and oxygen atoms in total. The molecule has 1 atom stereocenters. The highest BCUT2D eigenvalue weighted by atomic mass is 16.5. The molecule has 8 heteroatoms. The van der Waals surface area contributed by atoms with Gasteiger partial charge in [0.1, 0.15) is 6.10 Å². The quantitative estimate of drug-likeness (QED) is 0.660. The third-order valence-corrected chi connectivity index (χ3v) is 5.84. The van der Waals surface area contributed by atoms with Crippen molar-refractivity contribution in [2.24, 2.45) is 0 Å². The fourth-order valence-electron chi connectivity index (χ4n) is 4.23. The lowest BCUT2D eigenvalue weighted by molar-refractivity contribution is -0.145. The van der Waals surface area contributed by atoms with Crippen LogP contribution in [0.15, 0.2) is 23.4 Å². The molecule has 0 spiro atoms. The van der Waals surface area contributed by atoms with Crippen LogP contribution in [0, 0.1) is 0 Å². The first-order chi connectivity index (χ1) is 15.0. The fourth-order valence-corrected chi connectivity index (χ4v) is 4.23. The van der Waals surface area contributed by atoms with E-state index < -0.39 is 18.0 Å². The summed E-state index contributed by atoms with van der Waals surface area (Å²) in [6.07, 6.45) is 7.32. The van der Waals surface area contributed by atoms with E-state index in [9.17, 15) is 9.59 Å². The second-order valence-electron chi connectivity index (χ2n) is 7.90. The van der Waals surface area contributed by atoms with Gasteiger partial charge >= 0.3 is 12.0 Å². The summed E-state index contributed by atoms with van der Waals surface area (Å²) in [4.78, 5) is 25.5. The molecule has 1 aromatic carbocycles. The predicted molar refractivity (Wildman–Crippen MR) is 115 cm³/mol. The summed E-state index contributed by atoms with van der Waals surface area (Å²) >= 11 is 0. The van der Waals surface area contributed by atoms with Gasteiger partial charge in [-0.3, -0.25) is 0 Å². The van der Waals surface area contributed by atoms with Crippen molar-refractivity contribution < 1.29 is 28.5 Å². The predicted octanol–water partition coefficient (Wildman–Crippen LogP) is 4.00. The second kappa shape index (κ2) is 10.4. The Labute approximate surface area is 183 Å². The van der Waals surface area contributed by atoms with E-state index in [1.54, 1.807) is 19.1 Å². The van der Waals surface area contributed by atoms with Crippen molar-refractivity contribution in [2.75, 3.05) is 21.3 Å². The standard InChI is InChI=1S/C23H32N2O6/c1-14-19(22(26)31-16-10-8-6-5-7-9-11-16)20(25-23(27)24-14)15-12-17(28-2)21(30-4)18(13-15)29-3/h12-13,16,20H,5-11H2,1-4H3,(H2,24,25,27)/t20-/m1/s1. The van der Waals surface area contributed by atoms with Gasteiger partial charge in [0.05, 0.1) is 32.9 Å². The molecule has 0 unspecified atom stereocenters. The van der Waals surface area contributed by atoms with Crippen molar-refractivity contribution >= 4 is 12.0 Å². The van der Waals surface area contributed by atoms with E-state index in [0.29, 0.717) is 34.1 Å². The number of rotatable bonds is 6. The molecule has 2 amide bonds. The zero-order valence-electron chi connectivity index (χ0n) is 18.7. The number of urea groups is 1. The van der Waals surface area contributed by atoms with Gasteiger partial charge in [-0.25, -0.2) is 9.59 Å². The molecule has 0 radical (unpaired) electrons. The van der Waals surface area contributed by atoms with Gasteiger partial charge < -0.3 is 29.6 Å². The van der Waals surface area contributed by atoms with Crippen molar-refractivity contribution in [3.63, 3.8) is 0 Å². The van der Waals surface area contributed by atoms with Crippen molar-refractivity contribution in [1.29, 1.82) is 0 Å². The number of nitrogens with one attached hydrogen (secondary N) is 2. The molecule has 1 aliphatic heterocycles. The monoisotopic (exact) mass is 432 g/mol. The maximum absolute atomic E-state index is 13.2. The Morgan fingerprint density at radius 2 is 1.52 bits per heavy atom. The van der Waals surface area contributed by atoms with Crippen LogP contribution in [0.1, 0.15) is 63.5 Å². The Morgan fingerprint density at radius 3 is 2.06 bits per heavy atom. The summed E-state index contributed by atoms with van der Waals surface area (Å²) in [5.74, 6) is 0.896. The Kier molecular flexibility index (Phi) is 7.65. The number of esters is 1. The van der Waals surface area contributed by atoms with Gasteiger partial charge in [-0.2, -0.15) is 0 Å². The van der Waals surface area contributed by atoms with Crippen LogP contribution in [0.3, 0.4) is 0 Å². The number of carbonyl (C=O) groups excluding carboxylic acids is 2. The number of carbonyl (C=O) groups is 2. The lowest BCUT2D eigenvalue weighted by atomic mass is 9.94. The average Bonchev–Trinajstić information content (AvgIpc) is 2.73. The SMILES string of the molecule is COc1cc([C@H]2NC(=O)NC(C)=C2C(=O)OC2CCCCCCC2)cc(OC)c1OC. The number of hydrogen-bond donors (Lipinski definition) is 2. The smallest absolute Gasteiger partial charge is 0.338 e. The van der Waals surface area contributed by atoms with E-state index in [0.717, 1.165) is 25.7 Å². The van der Waals surface area contributed by atoms with Gasteiger partial charge in [0.15, 0.2) is 11.5 Å². The Bertz CT molecular complexity index is 817. The number of allylic oxidation sites excluding steroid dienone is 1. The molecule has 0 bridgehead atoms. The number of methoxy groups -OCH3 is 3. The summed E-state index contributed by atoms with van der Waals surface area (Å²) in [5.41, 5.74) is 1.47. The van der Waals surface area contributed by atoms with Crippen molar-refractivity contribution in [1.82, 2.24) is 10.6 Å². The van der Waals surface area contributed by atoms with Crippen LogP contribution in [-0.2, 0) is 9.53 Å². The topological polar surface area (TPSA) is 95.1 Å². The minimum absolute atomic E-state index is 0.105. The molecule has 0 aromatic heterocycles. The van der Waals surface area contributed by atoms with Gasteiger partial charge in [-0.05, 0) is 50.3 Å². The zero-order valence-corrected chi connectivity index (χ0v) is 18.7. The van der Waals surface area contributed by atoms with Crippen molar-refractivity contribution in [3.05, 3.63) is 29.0 Å². The number of hydrogen-bond acceptors (Lipinski definition) is 6. The van der Waals surface area contributed by atoms with Gasteiger partial charge in [-0.1, -0.05) is 19.3 Å². The maximum atomic E-state index is 13.2. The van der Waals surface area contributed by atoms with Crippen LogP contribution in [0.2, 0.25) is 0 Å². The van der Waals surface area contributed by atoms with Crippen LogP contribution < -0.4 is 24.8 Å². The molecule has 2 N–H and O–H groups in total. The highest BCUT2D eigenvalue weighted by molar-refractivity contribution is 5.95. The van der Waals surface area contributed by atoms with E-state index in [-0.39, 0.29) is 6.10 Å². The van der Waals surface area contributed by atoms with Crippen molar-refractivity contribution in [3.8, 4) is 17.2 Å². The number of benzene rings is 1. The Hall–Kier alpha value is -2.90. The molecular formula is C23H32N2O6. The zero-order chi connectivity index (χ0) is 22.4. The fraction of sp³-hybridized carbons (Fsp3) is 0.565. The summed E-state index contributed by atoms with van der Waals surface area (Å²) < 4.78 is 22.2. The van der Waals surface area contributed by atoms with E-state index in [1.165, 1.54) is 40.6 Å².